The fraction of sp³-hybridized carbons (Fsp3) is 0.318. The molecule has 0 saturated carbocycles. The molecule has 4 nitrogen and oxygen atoms in total. The molecule has 1 aliphatic rings. The standard InChI is InChI=1S/C22H22BrClN2O2S2/c1-14-4-3-5-15(2)21(14)19-13-29-22(25-19)26-10-8-17(9-11-26)30(27,28)20-7-6-16(23)12-18(20)24/h3-7,12-13,17H,8-11H2,1-2H3. The second-order valence-electron chi connectivity index (χ2n) is 7.59. The molecule has 0 radical (unpaired) electrons. The zero-order valence-corrected chi connectivity index (χ0v) is 20.7. The Kier molecular flexibility index (Phi) is 6.26. The van der Waals surface area contributed by atoms with E-state index in [2.05, 4.69) is 58.3 Å². The van der Waals surface area contributed by atoms with Gasteiger partial charge in [0, 0.05) is 28.5 Å². The van der Waals surface area contributed by atoms with Gasteiger partial charge in [0.05, 0.1) is 20.9 Å². The van der Waals surface area contributed by atoms with Gasteiger partial charge in [-0.1, -0.05) is 45.7 Å². The Bertz CT molecular complexity index is 1170. The van der Waals surface area contributed by atoms with E-state index >= 15 is 0 Å². The van der Waals surface area contributed by atoms with Gasteiger partial charge in [-0.25, -0.2) is 13.4 Å². The monoisotopic (exact) mass is 524 g/mol. The Morgan fingerprint density at radius 2 is 1.80 bits per heavy atom. The maximum absolute atomic E-state index is 13.1. The normalized spacial score (nSPS) is 15.5. The van der Waals surface area contributed by atoms with Crippen LogP contribution in [0.15, 0.2) is 51.1 Å². The Morgan fingerprint density at radius 1 is 1.13 bits per heavy atom. The van der Waals surface area contributed by atoms with E-state index in [0.717, 1.165) is 15.3 Å². The highest BCUT2D eigenvalue weighted by Gasteiger charge is 2.33. The van der Waals surface area contributed by atoms with Crippen molar-refractivity contribution in [1.29, 1.82) is 0 Å². The summed E-state index contributed by atoms with van der Waals surface area (Å²) in [6.07, 6.45) is 1.13. The molecule has 1 saturated heterocycles. The highest BCUT2D eigenvalue weighted by atomic mass is 79.9. The molecule has 0 amide bonds. The minimum atomic E-state index is -3.46. The van der Waals surface area contributed by atoms with Crippen LogP contribution in [0.25, 0.3) is 11.3 Å². The molecule has 0 bridgehead atoms. The molecular weight excluding hydrogens is 504 g/mol. The number of hydrogen-bond donors (Lipinski definition) is 0. The highest BCUT2D eigenvalue weighted by Crippen LogP contribution is 2.35. The third-order valence-corrected chi connectivity index (χ3v) is 9.72. The average Bonchev–Trinajstić information content (AvgIpc) is 3.17. The molecule has 30 heavy (non-hydrogen) atoms. The van der Waals surface area contributed by atoms with Gasteiger partial charge in [-0.2, -0.15) is 0 Å². The van der Waals surface area contributed by atoms with Crippen molar-refractivity contribution < 1.29 is 8.42 Å². The summed E-state index contributed by atoms with van der Waals surface area (Å²) in [5.74, 6) is 0. The summed E-state index contributed by atoms with van der Waals surface area (Å²) in [6, 6.07) is 11.2. The number of hydrogen-bond acceptors (Lipinski definition) is 5. The highest BCUT2D eigenvalue weighted by molar-refractivity contribution is 9.10. The quantitative estimate of drug-likeness (QED) is 0.402. The Hall–Kier alpha value is -1.41. The number of benzene rings is 2. The van der Waals surface area contributed by atoms with Crippen LogP contribution < -0.4 is 4.90 Å². The number of anilines is 1. The van der Waals surface area contributed by atoms with Crippen LogP contribution in [-0.2, 0) is 9.84 Å². The third kappa shape index (κ3) is 4.17. The molecule has 1 aliphatic heterocycles. The minimum absolute atomic E-state index is 0.220. The molecule has 8 heteroatoms. The first kappa shape index (κ1) is 21.8. The van der Waals surface area contributed by atoms with E-state index in [1.54, 1.807) is 29.5 Å². The number of nitrogens with zero attached hydrogens (tertiary/aromatic N) is 2. The van der Waals surface area contributed by atoms with Crippen LogP contribution in [0.2, 0.25) is 5.02 Å². The van der Waals surface area contributed by atoms with Crippen LogP contribution >= 0.6 is 38.9 Å². The van der Waals surface area contributed by atoms with Gasteiger partial charge in [-0.15, -0.1) is 11.3 Å². The van der Waals surface area contributed by atoms with Gasteiger partial charge in [-0.3, -0.25) is 0 Å². The second-order valence-corrected chi connectivity index (χ2v) is 11.9. The Labute approximate surface area is 195 Å². The maximum Gasteiger partial charge on any atom is 0.185 e. The lowest BCUT2D eigenvalue weighted by Crippen LogP contribution is -2.39. The molecule has 0 aliphatic carbocycles. The minimum Gasteiger partial charge on any atom is -0.348 e. The fourth-order valence-corrected chi connectivity index (χ4v) is 7.63. The lowest BCUT2D eigenvalue weighted by Gasteiger charge is -2.31. The Balaban J connectivity index is 1.50. The van der Waals surface area contributed by atoms with E-state index in [1.807, 2.05) is 0 Å². The Morgan fingerprint density at radius 3 is 2.43 bits per heavy atom. The van der Waals surface area contributed by atoms with Gasteiger partial charge >= 0.3 is 0 Å². The number of aromatic nitrogens is 1. The van der Waals surface area contributed by atoms with E-state index in [9.17, 15) is 8.42 Å². The first-order valence-corrected chi connectivity index (χ1v) is 13.3. The molecule has 158 valence electrons. The van der Waals surface area contributed by atoms with Gasteiger partial charge in [0.1, 0.15) is 0 Å². The van der Waals surface area contributed by atoms with Gasteiger partial charge in [0.15, 0.2) is 15.0 Å². The predicted octanol–water partition coefficient (Wildman–Crippen LogP) is 6.29. The van der Waals surface area contributed by atoms with Crippen molar-refractivity contribution in [3.63, 3.8) is 0 Å². The molecule has 0 N–H and O–H groups in total. The molecule has 1 fully saturated rings. The van der Waals surface area contributed by atoms with Gasteiger partial charge in [0.2, 0.25) is 0 Å². The van der Waals surface area contributed by atoms with Crippen molar-refractivity contribution in [2.24, 2.45) is 0 Å². The number of halogens is 2. The SMILES string of the molecule is Cc1cccc(C)c1-c1csc(N2CCC(S(=O)(=O)c3ccc(Br)cc3Cl)CC2)n1. The fourth-order valence-electron chi connectivity index (χ4n) is 3.99. The van der Waals surface area contributed by atoms with Crippen LogP contribution in [0.1, 0.15) is 24.0 Å². The molecule has 0 unspecified atom stereocenters. The van der Waals surface area contributed by atoms with Crippen LogP contribution in [-0.4, -0.2) is 31.7 Å². The molecule has 1 aromatic heterocycles. The van der Waals surface area contributed by atoms with Crippen molar-refractivity contribution >= 4 is 53.8 Å². The van der Waals surface area contributed by atoms with E-state index in [1.165, 1.54) is 16.7 Å². The largest absolute Gasteiger partial charge is 0.348 e. The van der Waals surface area contributed by atoms with Crippen molar-refractivity contribution in [2.75, 3.05) is 18.0 Å². The van der Waals surface area contributed by atoms with Gasteiger partial charge in [-0.05, 0) is 56.0 Å². The molecule has 2 aromatic carbocycles. The van der Waals surface area contributed by atoms with Gasteiger partial charge in [0.25, 0.3) is 0 Å². The van der Waals surface area contributed by atoms with Crippen LogP contribution in [0.4, 0.5) is 5.13 Å². The summed E-state index contributed by atoms with van der Waals surface area (Å²) >= 11 is 11.2. The van der Waals surface area contributed by atoms with Crippen molar-refractivity contribution in [3.8, 4) is 11.3 Å². The van der Waals surface area contributed by atoms with Crippen molar-refractivity contribution in [1.82, 2.24) is 4.98 Å². The van der Waals surface area contributed by atoms with Crippen molar-refractivity contribution in [3.05, 3.63) is 62.4 Å². The molecule has 0 atom stereocenters. The summed E-state index contributed by atoms with van der Waals surface area (Å²) in [4.78, 5) is 7.27. The summed E-state index contributed by atoms with van der Waals surface area (Å²) < 4.78 is 27.0. The third-order valence-electron chi connectivity index (χ3n) is 5.58. The topological polar surface area (TPSA) is 50.3 Å². The maximum atomic E-state index is 13.1. The summed E-state index contributed by atoms with van der Waals surface area (Å²) in [5.41, 5.74) is 4.59. The first-order valence-electron chi connectivity index (χ1n) is 9.73. The van der Waals surface area contributed by atoms with E-state index < -0.39 is 15.1 Å². The van der Waals surface area contributed by atoms with E-state index in [-0.39, 0.29) is 9.92 Å². The zero-order valence-electron chi connectivity index (χ0n) is 16.7. The smallest absolute Gasteiger partial charge is 0.185 e. The lowest BCUT2D eigenvalue weighted by atomic mass is 10.0. The van der Waals surface area contributed by atoms with Crippen LogP contribution in [0.5, 0.6) is 0 Å². The molecular formula is C22H22BrClN2O2S2. The molecule has 2 heterocycles. The van der Waals surface area contributed by atoms with Gasteiger partial charge < -0.3 is 4.90 Å². The lowest BCUT2D eigenvalue weighted by molar-refractivity contribution is 0.529. The zero-order chi connectivity index (χ0) is 21.5. The number of thiazole rings is 1. The second kappa shape index (κ2) is 8.61. The number of sulfone groups is 1. The van der Waals surface area contributed by atoms with Crippen LogP contribution in [0.3, 0.4) is 0 Å². The average molecular weight is 526 g/mol. The van der Waals surface area contributed by atoms with E-state index in [0.29, 0.717) is 25.9 Å². The number of aryl methyl sites for hydroxylation is 2. The first-order chi connectivity index (χ1) is 14.3. The summed E-state index contributed by atoms with van der Waals surface area (Å²) in [5, 5.41) is 2.88. The van der Waals surface area contributed by atoms with Crippen LogP contribution in [0, 0.1) is 13.8 Å². The van der Waals surface area contributed by atoms with E-state index in [4.69, 9.17) is 16.6 Å². The molecule has 4 rings (SSSR count). The predicted molar refractivity (Wildman–Crippen MR) is 129 cm³/mol. The molecule has 3 aromatic rings. The number of rotatable bonds is 4. The summed E-state index contributed by atoms with van der Waals surface area (Å²) in [7, 11) is -3.46. The van der Waals surface area contributed by atoms with Crippen molar-refractivity contribution in [2.45, 2.75) is 36.8 Å². The molecule has 0 spiro atoms. The summed E-state index contributed by atoms with van der Waals surface area (Å²) in [6.45, 7) is 5.53. The number of piperidine rings is 1.